The van der Waals surface area contributed by atoms with Crippen LogP contribution in [-0.4, -0.2) is 29.9 Å². The van der Waals surface area contributed by atoms with Crippen LogP contribution in [0.3, 0.4) is 0 Å². The molecule has 0 unspecified atom stereocenters. The number of aromatic nitrogens is 2. The largest absolute Gasteiger partial charge is 0.493 e. The van der Waals surface area contributed by atoms with Crippen LogP contribution in [0.4, 0.5) is 0 Å². The van der Waals surface area contributed by atoms with Gasteiger partial charge in [0.05, 0.1) is 31.5 Å². The zero-order valence-corrected chi connectivity index (χ0v) is 14.7. The van der Waals surface area contributed by atoms with Gasteiger partial charge in [0.25, 0.3) is 5.91 Å². The predicted octanol–water partition coefficient (Wildman–Crippen LogP) is 2.90. The van der Waals surface area contributed by atoms with Gasteiger partial charge in [-0.25, -0.2) is 0 Å². The zero-order chi connectivity index (χ0) is 17.3. The molecule has 1 aliphatic rings. The van der Waals surface area contributed by atoms with E-state index in [2.05, 4.69) is 10.4 Å². The van der Waals surface area contributed by atoms with Crippen LogP contribution < -0.4 is 14.8 Å². The molecule has 0 saturated heterocycles. The van der Waals surface area contributed by atoms with Gasteiger partial charge in [0.15, 0.2) is 11.5 Å². The number of carbonyl (C=O) groups is 1. The lowest BCUT2D eigenvalue weighted by Gasteiger charge is -2.24. The molecule has 1 heterocycles. The maximum atomic E-state index is 12.7. The smallest absolute Gasteiger partial charge is 0.251 e. The molecule has 0 spiro atoms. The highest BCUT2D eigenvalue weighted by Gasteiger charge is 2.25. The number of hydrogen-bond acceptors (Lipinski definition) is 4. The molecule has 1 N–H and O–H groups in total. The molecule has 7 heteroatoms. The third-order valence-corrected chi connectivity index (χ3v) is 4.66. The molecule has 1 atom stereocenters. The van der Waals surface area contributed by atoms with Crippen molar-refractivity contribution in [1.82, 2.24) is 15.1 Å². The van der Waals surface area contributed by atoms with Crippen molar-refractivity contribution in [1.29, 1.82) is 0 Å². The van der Waals surface area contributed by atoms with Crippen LogP contribution in [0.1, 0.15) is 40.5 Å². The van der Waals surface area contributed by atoms with E-state index in [0.717, 1.165) is 24.8 Å². The maximum absolute atomic E-state index is 12.7. The Balaban J connectivity index is 1.85. The number of aryl methyl sites for hydroxylation is 1. The normalized spacial score (nSPS) is 16.4. The van der Waals surface area contributed by atoms with E-state index in [1.54, 1.807) is 12.1 Å². The molecule has 24 heavy (non-hydrogen) atoms. The molecule has 0 saturated carbocycles. The second-order valence-corrected chi connectivity index (χ2v) is 6.19. The van der Waals surface area contributed by atoms with E-state index in [1.165, 1.54) is 19.9 Å². The summed E-state index contributed by atoms with van der Waals surface area (Å²) in [6.45, 7) is 0. The van der Waals surface area contributed by atoms with Crippen LogP contribution in [0, 0.1) is 0 Å². The quantitative estimate of drug-likeness (QED) is 0.921. The SMILES string of the molecule is COc1cc(C(=O)N[C@@H]2CCCc3c2cnn3C)cc(Cl)c1OC. The number of nitrogens with one attached hydrogen (secondary N) is 1. The number of carbonyl (C=O) groups excluding carboxylic acids is 1. The molecule has 3 rings (SSSR count). The first kappa shape index (κ1) is 16.6. The zero-order valence-electron chi connectivity index (χ0n) is 13.9. The Kier molecular flexibility index (Phi) is 4.66. The first-order chi connectivity index (χ1) is 11.5. The Labute approximate surface area is 145 Å². The van der Waals surface area contributed by atoms with E-state index in [9.17, 15) is 4.79 Å². The van der Waals surface area contributed by atoms with Gasteiger partial charge < -0.3 is 14.8 Å². The minimum atomic E-state index is -0.195. The molecular formula is C17H20ClN3O3. The van der Waals surface area contributed by atoms with Gasteiger partial charge in [0.1, 0.15) is 0 Å². The fourth-order valence-corrected chi connectivity index (χ4v) is 3.43. The minimum Gasteiger partial charge on any atom is -0.493 e. The number of hydrogen-bond donors (Lipinski definition) is 1. The Morgan fingerprint density at radius 3 is 2.88 bits per heavy atom. The Bertz CT molecular complexity index is 773. The van der Waals surface area contributed by atoms with Crippen molar-refractivity contribution >= 4 is 17.5 Å². The lowest BCUT2D eigenvalue weighted by molar-refractivity contribution is 0.0932. The number of ether oxygens (including phenoxy) is 2. The fraction of sp³-hybridized carbons (Fsp3) is 0.412. The molecular weight excluding hydrogens is 330 g/mol. The summed E-state index contributed by atoms with van der Waals surface area (Å²) in [6, 6.07) is 3.18. The Morgan fingerprint density at radius 1 is 1.38 bits per heavy atom. The molecule has 1 aromatic heterocycles. The number of benzene rings is 1. The van der Waals surface area contributed by atoms with E-state index in [-0.39, 0.29) is 11.9 Å². The lowest BCUT2D eigenvalue weighted by Crippen LogP contribution is -2.31. The highest BCUT2D eigenvalue weighted by atomic mass is 35.5. The van der Waals surface area contributed by atoms with Gasteiger partial charge in [-0.15, -0.1) is 0 Å². The van der Waals surface area contributed by atoms with Crippen LogP contribution in [0.15, 0.2) is 18.3 Å². The number of rotatable bonds is 4. The summed E-state index contributed by atoms with van der Waals surface area (Å²) < 4.78 is 12.3. The molecule has 1 aliphatic carbocycles. The molecule has 6 nitrogen and oxygen atoms in total. The van der Waals surface area contributed by atoms with Gasteiger partial charge in [0.2, 0.25) is 0 Å². The molecule has 128 valence electrons. The van der Waals surface area contributed by atoms with Gasteiger partial charge in [-0.1, -0.05) is 11.6 Å². The van der Waals surface area contributed by atoms with Crippen molar-refractivity contribution < 1.29 is 14.3 Å². The summed E-state index contributed by atoms with van der Waals surface area (Å²) in [5.41, 5.74) is 2.70. The van der Waals surface area contributed by atoms with E-state index in [4.69, 9.17) is 21.1 Å². The van der Waals surface area contributed by atoms with Crippen LogP contribution in [0.25, 0.3) is 0 Å². The summed E-state index contributed by atoms with van der Waals surface area (Å²) in [5, 5.41) is 7.71. The van der Waals surface area contributed by atoms with Gasteiger partial charge in [-0.2, -0.15) is 5.10 Å². The molecule has 0 radical (unpaired) electrons. The van der Waals surface area contributed by atoms with Gasteiger partial charge in [-0.3, -0.25) is 9.48 Å². The average Bonchev–Trinajstić information content (AvgIpc) is 2.96. The third kappa shape index (κ3) is 2.94. The molecule has 0 aliphatic heterocycles. The van der Waals surface area contributed by atoms with Crippen molar-refractivity contribution in [2.75, 3.05) is 14.2 Å². The molecule has 1 amide bonds. The summed E-state index contributed by atoms with van der Waals surface area (Å²) in [5.74, 6) is 0.656. The molecule has 2 aromatic rings. The summed E-state index contributed by atoms with van der Waals surface area (Å²) in [7, 11) is 4.95. The Morgan fingerprint density at radius 2 is 2.17 bits per heavy atom. The second-order valence-electron chi connectivity index (χ2n) is 5.78. The van der Waals surface area contributed by atoms with Crippen LogP contribution in [0.5, 0.6) is 11.5 Å². The monoisotopic (exact) mass is 349 g/mol. The molecule has 1 aromatic carbocycles. The van der Waals surface area contributed by atoms with Gasteiger partial charge >= 0.3 is 0 Å². The van der Waals surface area contributed by atoms with Crippen LogP contribution >= 0.6 is 11.6 Å². The van der Waals surface area contributed by atoms with Crippen LogP contribution in [0.2, 0.25) is 5.02 Å². The fourth-order valence-electron chi connectivity index (χ4n) is 3.15. The number of amides is 1. The maximum Gasteiger partial charge on any atom is 0.251 e. The van der Waals surface area contributed by atoms with Crippen molar-refractivity contribution in [2.24, 2.45) is 7.05 Å². The number of halogens is 1. The first-order valence-corrected chi connectivity index (χ1v) is 8.16. The summed E-state index contributed by atoms with van der Waals surface area (Å²) >= 11 is 6.19. The number of fused-ring (bicyclic) bond motifs is 1. The third-order valence-electron chi connectivity index (χ3n) is 4.38. The second kappa shape index (κ2) is 6.73. The van der Waals surface area contributed by atoms with Crippen molar-refractivity contribution in [3.8, 4) is 11.5 Å². The summed E-state index contributed by atoms with van der Waals surface area (Å²) in [6.07, 6.45) is 4.73. The molecule has 0 fully saturated rings. The van der Waals surface area contributed by atoms with Gasteiger partial charge in [0, 0.05) is 23.9 Å². The van der Waals surface area contributed by atoms with E-state index in [0.29, 0.717) is 22.1 Å². The predicted molar refractivity (Wildman–Crippen MR) is 90.9 cm³/mol. The molecule has 0 bridgehead atoms. The van der Waals surface area contributed by atoms with E-state index in [1.807, 2.05) is 17.9 Å². The topological polar surface area (TPSA) is 65.4 Å². The lowest BCUT2D eigenvalue weighted by atomic mass is 9.92. The summed E-state index contributed by atoms with van der Waals surface area (Å²) in [4.78, 5) is 12.7. The van der Waals surface area contributed by atoms with Crippen molar-refractivity contribution in [3.63, 3.8) is 0 Å². The average molecular weight is 350 g/mol. The van der Waals surface area contributed by atoms with Crippen molar-refractivity contribution in [3.05, 3.63) is 40.2 Å². The number of nitrogens with zero attached hydrogens (tertiary/aromatic N) is 2. The van der Waals surface area contributed by atoms with E-state index < -0.39 is 0 Å². The highest BCUT2D eigenvalue weighted by Crippen LogP contribution is 2.36. The highest BCUT2D eigenvalue weighted by molar-refractivity contribution is 6.32. The Hall–Kier alpha value is -2.21. The van der Waals surface area contributed by atoms with Gasteiger partial charge in [-0.05, 0) is 31.4 Å². The first-order valence-electron chi connectivity index (χ1n) is 7.78. The minimum absolute atomic E-state index is 0.0400. The van der Waals surface area contributed by atoms with Crippen molar-refractivity contribution in [2.45, 2.75) is 25.3 Å². The van der Waals surface area contributed by atoms with E-state index >= 15 is 0 Å². The van der Waals surface area contributed by atoms with Crippen LogP contribution in [-0.2, 0) is 13.5 Å². The standard InChI is InChI=1S/C17H20ClN3O3/c1-21-14-6-4-5-13(11(14)9-19-21)20-17(22)10-7-12(18)16(24-3)15(8-10)23-2/h7-9,13H,4-6H2,1-3H3,(H,20,22)/t13-/m1/s1. The number of methoxy groups -OCH3 is 2.